The number of likely N-dealkylation sites (N-methyl/N-ethyl adjacent to an activating group) is 1. The van der Waals surface area contributed by atoms with E-state index in [1.807, 2.05) is 4.90 Å². The summed E-state index contributed by atoms with van der Waals surface area (Å²) in [5, 5.41) is 0. The molecule has 4 rings (SSSR count). The van der Waals surface area contributed by atoms with Crippen molar-refractivity contribution in [1.82, 2.24) is 14.7 Å². The van der Waals surface area contributed by atoms with E-state index in [1.54, 1.807) is 6.92 Å². The molecule has 0 bridgehead atoms. The van der Waals surface area contributed by atoms with Crippen LogP contribution in [0.25, 0.3) is 0 Å². The zero-order valence-electron chi connectivity index (χ0n) is 19.8. The number of alkyl halides is 3. The van der Waals surface area contributed by atoms with E-state index in [4.69, 9.17) is 0 Å². The van der Waals surface area contributed by atoms with Crippen molar-refractivity contribution < 1.29 is 32.3 Å². The first-order valence-electron chi connectivity index (χ1n) is 12.2. The molecular formula is C25H30F3N3O4. The van der Waals surface area contributed by atoms with Gasteiger partial charge in [0.1, 0.15) is 0 Å². The fourth-order valence-electron chi connectivity index (χ4n) is 5.63. The number of piperazine rings is 1. The second kappa shape index (κ2) is 9.62. The molecule has 1 atom stereocenters. The van der Waals surface area contributed by atoms with Crippen molar-refractivity contribution >= 4 is 23.6 Å². The average molecular weight is 494 g/mol. The van der Waals surface area contributed by atoms with Gasteiger partial charge in [-0.1, -0.05) is 37.5 Å². The fourth-order valence-corrected chi connectivity index (χ4v) is 5.63. The van der Waals surface area contributed by atoms with E-state index < -0.39 is 41.3 Å². The van der Waals surface area contributed by atoms with Gasteiger partial charge in [0.25, 0.3) is 0 Å². The van der Waals surface area contributed by atoms with Gasteiger partial charge in [0.15, 0.2) is 0 Å². The summed E-state index contributed by atoms with van der Waals surface area (Å²) < 4.78 is 40.2. The molecule has 35 heavy (non-hydrogen) atoms. The number of carbonyl (C=O) groups excluding carboxylic acids is 4. The van der Waals surface area contributed by atoms with E-state index in [0.29, 0.717) is 13.1 Å². The Morgan fingerprint density at radius 2 is 1.77 bits per heavy atom. The predicted octanol–water partition coefficient (Wildman–Crippen LogP) is 3.12. The van der Waals surface area contributed by atoms with E-state index in [2.05, 4.69) is 0 Å². The van der Waals surface area contributed by atoms with Crippen molar-refractivity contribution in [3.05, 3.63) is 35.4 Å². The molecule has 1 aromatic rings. The zero-order valence-corrected chi connectivity index (χ0v) is 19.8. The highest BCUT2D eigenvalue weighted by atomic mass is 19.4. The van der Waals surface area contributed by atoms with Gasteiger partial charge in [-0.05, 0) is 31.4 Å². The summed E-state index contributed by atoms with van der Waals surface area (Å²) in [4.78, 5) is 56.3. The molecule has 0 radical (unpaired) electrons. The highest BCUT2D eigenvalue weighted by molar-refractivity contribution is 6.10. The molecule has 10 heteroatoms. The SMILES string of the molecule is CCN1C(=O)C[C@@](CC(=O)N2CCN(C3CCCCC3)C(=O)C2)(c2cccc(C(F)(F)F)c2)C1=O. The Bertz CT molecular complexity index is 1020. The molecule has 4 amide bonds. The minimum absolute atomic E-state index is 0.0119. The van der Waals surface area contributed by atoms with Gasteiger partial charge in [-0.3, -0.25) is 24.1 Å². The number of halogens is 3. The number of likely N-dealkylation sites (tertiary alicyclic amines) is 1. The van der Waals surface area contributed by atoms with Gasteiger partial charge < -0.3 is 9.80 Å². The minimum atomic E-state index is -4.64. The number of hydrogen-bond acceptors (Lipinski definition) is 4. The first-order chi connectivity index (χ1) is 16.6. The molecule has 2 aliphatic heterocycles. The van der Waals surface area contributed by atoms with Crippen LogP contribution in [0.2, 0.25) is 0 Å². The highest BCUT2D eigenvalue weighted by Gasteiger charge is 2.54. The van der Waals surface area contributed by atoms with Gasteiger partial charge in [0, 0.05) is 38.5 Å². The van der Waals surface area contributed by atoms with Crippen molar-refractivity contribution in [3.8, 4) is 0 Å². The van der Waals surface area contributed by atoms with Crippen LogP contribution in [-0.2, 0) is 30.8 Å². The molecule has 1 aliphatic carbocycles. The van der Waals surface area contributed by atoms with Crippen LogP contribution in [0, 0.1) is 0 Å². The second-order valence-electron chi connectivity index (χ2n) is 9.65. The predicted molar refractivity (Wildman–Crippen MR) is 120 cm³/mol. The summed E-state index contributed by atoms with van der Waals surface area (Å²) in [6.07, 6.45) is -0.304. The summed E-state index contributed by atoms with van der Waals surface area (Å²) in [5.74, 6) is -1.88. The molecule has 3 aliphatic rings. The molecule has 3 fully saturated rings. The van der Waals surface area contributed by atoms with Gasteiger partial charge in [0.2, 0.25) is 23.6 Å². The van der Waals surface area contributed by atoms with Crippen LogP contribution in [0.4, 0.5) is 13.2 Å². The fraction of sp³-hybridized carbons (Fsp3) is 0.600. The Labute approximate surface area is 202 Å². The average Bonchev–Trinajstić information content (AvgIpc) is 3.08. The van der Waals surface area contributed by atoms with E-state index >= 15 is 0 Å². The monoisotopic (exact) mass is 493 g/mol. The van der Waals surface area contributed by atoms with Crippen LogP contribution in [-0.4, -0.2) is 70.5 Å². The lowest BCUT2D eigenvalue weighted by Crippen LogP contribution is -2.56. The van der Waals surface area contributed by atoms with Gasteiger partial charge in [-0.25, -0.2) is 0 Å². The molecule has 1 aromatic carbocycles. The summed E-state index contributed by atoms with van der Waals surface area (Å²) in [5.41, 5.74) is -2.69. The van der Waals surface area contributed by atoms with E-state index in [1.165, 1.54) is 17.0 Å². The molecule has 0 spiro atoms. The number of benzene rings is 1. The first-order valence-corrected chi connectivity index (χ1v) is 12.2. The molecule has 0 aromatic heterocycles. The second-order valence-corrected chi connectivity index (χ2v) is 9.65. The zero-order chi connectivity index (χ0) is 25.4. The number of imide groups is 1. The first kappa shape index (κ1) is 25.2. The Morgan fingerprint density at radius 3 is 2.37 bits per heavy atom. The lowest BCUT2D eigenvalue weighted by Gasteiger charge is -2.41. The topological polar surface area (TPSA) is 78.0 Å². The lowest BCUT2D eigenvalue weighted by molar-refractivity contribution is -0.149. The quantitative estimate of drug-likeness (QED) is 0.591. The van der Waals surface area contributed by atoms with Crippen molar-refractivity contribution in [1.29, 1.82) is 0 Å². The molecule has 0 N–H and O–H groups in total. The molecule has 1 saturated carbocycles. The van der Waals surface area contributed by atoms with Crippen LogP contribution in [0.3, 0.4) is 0 Å². The molecule has 2 heterocycles. The Balaban J connectivity index is 1.58. The standard InChI is InChI=1S/C25H30F3N3O4/c1-2-30-21(33)15-24(23(30)35,17-7-6-8-18(13-17)25(26,27)28)14-20(32)29-11-12-31(22(34)16-29)19-9-4-3-5-10-19/h6-8,13,19H,2-5,9-12,14-16H2,1H3/t24-/m0/s1. The van der Waals surface area contributed by atoms with Crippen LogP contribution in [0.5, 0.6) is 0 Å². The third kappa shape index (κ3) is 4.79. The number of hydrogen-bond donors (Lipinski definition) is 0. The van der Waals surface area contributed by atoms with Gasteiger partial charge in [0.05, 0.1) is 17.5 Å². The number of nitrogens with zero attached hydrogens (tertiary/aromatic N) is 3. The number of rotatable bonds is 5. The largest absolute Gasteiger partial charge is 0.416 e. The third-order valence-electron chi connectivity index (χ3n) is 7.55. The van der Waals surface area contributed by atoms with Crippen LogP contribution >= 0.6 is 0 Å². The van der Waals surface area contributed by atoms with Crippen molar-refractivity contribution in [2.75, 3.05) is 26.2 Å². The Hall–Kier alpha value is -2.91. The van der Waals surface area contributed by atoms with Crippen LogP contribution in [0.1, 0.15) is 63.0 Å². The maximum Gasteiger partial charge on any atom is 0.416 e. The molecule has 7 nitrogen and oxygen atoms in total. The maximum atomic E-state index is 13.4. The maximum absolute atomic E-state index is 13.4. The molecular weight excluding hydrogens is 463 g/mol. The highest BCUT2D eigenvalue weighted by Crippen LogP contribution is 2.42. The third-order valence-corrected chi connectivity index (χ3v) is 7.55. The van der Waals surface area contributed by atoms with E-state index in [9.17, 15) is 32.3 Å². The summed E-state index contributed by atoms with van der Waals surface area (Å²) >= 11 is 0. The summed E-state index contributed by atoms with van der Waals surface area (Å²) in [6.45, 7) is 2.21. The Kier molecular flexibility index (Phi) is 6.92. The molecule has 0 unspecified atom stereocenters. The minimum Gasteiger partial charge on any atom is -0.336 e. The van der Waals surface area contributed by atoms with Crippen molar-refractivity contribution in [2.45, 2.75) is 69.5 Å². The van der Waals surface area contributed by atoms with Crippen molar-refractivity contribution in [3.63, 3.8) is 0 Å². The van der Waals surface area contributed by atoms with Crippen molar-refractivity contribution in [2.24, 2.45) is 0 Å². The van der Waals surface area contributed by atoms with Crippen LogP contribution in [0.15, 0.2) is 24.3 Å². The molecule has 2 saturated heterocycles. The smallest absolute Gasteiger partial charge is 0.336 e. The van der Waals surface area contributed by atoms with Gasteiger partial charge in [-0.15, -0.1) is 0 Å². The normalized spacial score (nSPS) is 24.5. The number of amides is 4. The number of carbonyl (C=O) groups is 4. The van der Waals surface area contributed by atoms with Gasteiger partial charge in [-0.2, -0.15) is 13.2 Å². The van der Waals surface area contributed by atoms with E-state index in [-0.39, 0.29) is 37.0 Å². The summed E-state index contributed by atoms with van der Waals surface area (Å²) in [7, 11) is 0. The van der Waals surface area contributed by atoms with Crippen LogP contribution < -0.4 is 0 Å². The van der Waals surface area contributed by atoms with Gasteiger partial charge >= 0.3 is 6.18 Å². The Morgan fingerprint density at radius 1 is 1.06 bits per heavy atom. The summed E-state index contributed by atoms with van der Waals surface area (Å²) in [6, 6.07) is 4.46. The van der Waals surface area contributed by atoms with E-state index in [0.717, 1.165) is 49.1 Å². The molecule has 190 valence electrons. The lowest BCUT2D eigenvalue weighted by atomic mass is 9.75.